The van der Waals surface area contributed by atoms with Gasteiger partial charge in [-0.1, -0.05) is 25.1 Å². The topological polar surface area (TPSA) is 57.6 Å². The molecular formula is C16H19F2NO3. The third kappa shape index (κ3) is 3.43. The van der Waals surface area contributed by atoms with E-state index in [1.54, 1.807) is 25.1 Å². The van der Waals surface area contributed by atoms with Crippen LogP contribution < -0.4 is 0 Å². The minimum Gasteiger partial charge on any atom is -0.479 e. The molecule has 0 spiro atoms. The first kappa shape index (κ1) is 16.4. The molecule has 0 saturated carbocycles. The number of rotatable bonds is 5. The number of likely N-dealkylation sites (tertiary alicyclic amines) is 1. The van der Waals surface area contributed by atoms with E-state index in [1.165, 1.54) is 11.0 Å². The van der Waals surface area contributed by atoms with E-state index in [0.717, 1.165) is 0 Å². The zero-order valence-electron chi connectivity index (χ0n) is 12.4. The van der Waals surface area contributed by atoms with E-state index < -0.39 is 24.1 Å². The van der Waals surface area contributed by atoms with Gasteiger partial charge < -0.3 is 10.0 Å². The van der Waals surface area contributed by atoms with E-state index >= 15 is 0 Å². The molecule has 1 aliphatic heterocycles. The predicted octanol–water partition coefficient (Wildman–Crippen LogP) is 2.42. The smallest absolute Gasteiger partial charge is 0.343 e. The van der Waals surface area contributed by atoms with Crippen LogP contribution in [0.1, 0.15) is 25.3 Å². The molecule has 2 rings (SSSR count). The highest BCUT2D eigenvalue weighted by Gasteiger charge is 2.47. The predicted molar refractivity (Wildman–Crippen MR) is 76.6 cm³/mol. The Labute approximate surface area is 127 Å². The van der Waals surface area contributed by atoms with Gasteiger partial charge >= 0.3 is 5.97 Å². The summed E-state index contributed by atoms with van der Waals surface area (Å²) in [6.07, 6.45) is 0.657. The maximum atomic E-state index is 14.0. The van der Waals surface area contributed by atoms with Crippen molar-refractivity contribution in [2.24, 2.45) is 5.92 Å². The molecule has 2 atom stereocenters. The highest BCUT2D eigenvalue weighted by Crippen LogP contribution is 2.27. The SMILES string of the molecule is CC(CCc1ccccc1F)C(=O)N1CCC(F)(C(=O)O)C1. The lowest BCUT2D eigenvalue weighted by molar-refractivity contribution is -0.150. The second-order valence-electron chi connectivity index (χ2n) is 5.81. The summed E-state index contributed by atoms with van der Waals surface area (Å²) in [6.45, 7) is 1.39. The quantitative estimate of drug-likeness (QED) is 0.908. The van der Waals surface area contributed by atoms with Gasteiger partial charge in [-0.3, -0.25) is 4.79 Å². The molecule has 0 radical (unpaired) electrons. The fraction of sp³-hybridized carbons (Fsp3) is 0.500. The highest BCUT2D eigenvalue weighted by atomic mass is 19.1. The molecule has 6 heteroatoms. The first-order valence-electron chi connectivity index (χ1n) is 7.28. The number of aliphatic carboxylic acids is 1. The van der Waals surface area contributed by atoms with Crippen LogP contribution in [-0.2, 0) is 16.0 Å². The highest BCUT2D eigenvalue weighted by molar-refractivity contribution is 5.83. The van der Waals surface area contributed by atoms with Crippen LogP contribution in [0.2, 0.25) is 0 Å². The third-order valence-corrected chi connectivity index (χ3v) is 4.14. The van der Waals surface area contributed by atoms with Crippen molar-refractivity contribution in [1.29, 1.82) is 0 Å². The number of hydrogen-bond acceptors (Lipinski definition) is 2. The molecule has 1 aliphatic rings. The van der Waals surface area contributed by atoms with Crippen molar-refractivity contribution >= 4 is 11.9 Å². The van der Waals surface area contributed by atoms with E-state index in [-0.39, 0.29) is 24.7 Å². The Morgan fingerprint density at radius 2 is 2.09 bits per heavy atom. The van der Waals surface area contributed by atoms with Gasteiger partial charge in [-0.25, -0.2) is 13.6 Å². The van der Waals surface area contributed by atoms with E-state index in [2.05, 4.69) is 0 Å². The van der Waals surface area contributed by atoms with Gasteiger partial charge in [0.25, 0.3) is 0 Å². The Hall–Kier alpha value is -1.98. The molecule has 4 nitrogen and oxygen atoms in total. The van der Waals surface area contributed by atoms with Crippen LogP contribution in [-0.4, -0.2) is 40.6 Å². The number of carbonyl (C=O) groups excluding carboxylic acids is 1. The van der Waals surface area contributed by atoms with Gasteiger partial charge in [0.2, 0.25) is 11.6 Å². The van der Waals surface area contributed by atoms with Gasteiger partial charge in [0, 0.05) is 18.9 Å². The van der Waals surface area contributed by atoms with Crippen molar-refractivity contribution in [3.63, 3.8) is 0 Å². The summed E-state index contributed by atoms with van der Waals surface area (Å²) in [7, 11) is 0. The molecule has 1 saturated heterocycles. The van der Waals surface area contributed by atoms with Gasteiger partial charge in [-0.2, -0.15) is 0 Å². The summed E-state index contributed by atoms with van der Waals surface area (Å²) in [5.41, 5.74) is -1.81. The fourth-order valence-electron chi connectivity index (χ4n) is 2.64. The summed E-state index contributed by atoms with van der Waals surface area (Å²) in [4.78, 5) is 24.3. The van der Waals surface area contributed by atoms with Crippen molar-refractivity contribution in [3.05, 3.63) is 35.6 Å². The number of carboxylic acids is 1. The van der Waals surface area contributed by atoms with Gasteiger partial charge in [0.15, 0.2) is 0 Å². The number of aryl methyl sites for hydroxylation is 1. The Morgan fingerprint density at radius 3 is 2.68 bits per heavy atom. The summed E-state index contributed by atoms with van der Waals surface area (Å²) >= 11 is 0. The first-order valence-corrected chi connectivity index (χ1v) is 7.28. The van der Waals surface area contributed by atoms with E-state index in [1.807, 2.05) is 0 Å². The monoisotopic (exact) mass is 311 g/mol. The number of carbonyl (C=O) groups is 2. The molecule has 0 aliphatic carbocycles. The number of carboxylic acid groups (broad SMARTS) is 1. The molecule has 1 N–H and O–H groups in total. The van der Waals surface area contributed by atoms with Crippen LogP contribution in [0.5, 0.6) is 0 Å². The molecule has 1 amide bonds. The van der Waals surface area contributed by atoms with E-state index in [4.69, 9.17) is 5.11 Å². The molecule has 1 heterocycles. The van der Waals surface area contributed by atoms with Crippen LogP contribution >= 0.6 is 0 Å². The molecular weight excluding hydrogens is 292 g/mol. The first-order chi connectivity index (χ1) is 10.3. The second-order valence-corrected chi connectivity index (χ2v) is 5.81. The molecule has 2 unspecified atom stereocenters. The summed E-state index contributed by atoms with van der Waals surface area (Å²) in [5.74, 6) is -2.52. The lowest BCUT2D eigenvalue weighted by atomic mass is 9.99. The summed E-state index contributed by atoms with van der Waals surface area (Å²) in [5, 5.41) is 8.84. The Kier molecular flexibility index (Phi) is 4.78. The van der Waals surface area contributed by atoms with Crippen LogP contribution in [0.4, 0.5) is 8.78 Å². The summed E-state index contributed by atoms with van der Waals surface area (Å²) in [6, 6.07) is 6.37. The maximum Gasteiger partial charge on any atom is 0.343 e. The molecule has 1 aromatic rings. The minimum absolute atomic E-state index is 0.103. The van der Waals surface area contributed by atoms with Crippen LogP contribution in [0, 0.1) is 11.7 Å². The van der Waals surface area contributed by atoms with Crippen molar-refractivity contribution in [3.8, 4) is 0 Å². The lowest BCUT2D eigenvalue weighted by Crippen LogP contribution is -2.40. The average molecular weight is 311 g/mol. The standard InChI is InChI=1S/C16H19F2NO3/c1-11(6-7-12-4-2-3-5-13(12)17)14(20)19-9-8-16(18,10-19)15(21)22/h2-5,11H,6-10H2,1H3,(H,21,22). The van der Waals surface area contributed by atoms with Gasteiger partial charge in [-0.15, -0.1) is 0 Å². The Balaban J connectivity index is 1.91. The second kappa shape index (κ2) is 6.42. The van der Waals surface area contributed by atoms with Crippen LogP contribution in [0.15, 0.2) is 24.3 Å². The molecule has 1 fully saturated rings. The Bertz CT molecular complexity index is 578. The molecule has 0 bridgehead atoms. The van der Waals surface area contributed by atoms with E-state index in [9.17, 15) is 18.4 Å². The average Bonchev–Trinajstić information content (AvgIpc) is 2.89. The van der Waals surface area contributed by atoms with Crippen molar-refractivity contribution in [1.82, 2.24) is 4.90 Å². The number of halogens is 2. The number of nitrogens with zero attached hydrogens (tertiary/aromatic N) is 1. The van der Waals surface area contributed by atoms with Crippen molar-refractivity contribution in [2.45, 2.75) is 31.9 Å². The van der Waals surface area contributed by atoms with Gasteiger partial charge in [0.1, 0.15) is 5.82 Å². The molecule has 22 heavy (non-hydrogen) atoms. The van der Waals surface area contributed by atoms with Crippen molar-refractivity contribution < 1.29 is 23.5 Å². The van der Waals surface area contributed by atoms with Crippen molar-refractivity contribution in [2.75, 3.05) is 13.1 Å². The third-order valence-electron chi connectivity index (χ3n) is 4.14. The number of alkyl halides is 1. The fourth-order valence-corrected chi connectivity index (χ4v) is 2.64. The zero-order chi connectivity index (χ0) is 16.3. The Morgan fingerprint density at radius 1 is 1.41 bits per heavy atom. The minimum atomic E-state index is -2.35. The zero-order valence-corrected chi connectivity index (χ0v) is 12.4. The van der Waals surface area contributed by atoms with Gasteiger partial charge in [0.05, 0.1) is 6.54 Å². The number of amides is 1. The van der Waals surface area contributed by atoms with Crippen LogP contribution in [0.25, 0.3) is 0 Å². The molecule has 120 valence electrons. The summed E-state index contributed by atoms with van der Waals surface area (Å²) < 4.78 is 27.5. The number of hydrogen-bond donors (Lipinski definition) is 1. The molecule has 0 aromatic heterocycles. The van der Waals surface area contributed by atoms with Crippen LogP contribution in [0.3, 0.4) is 0 Å². The normalized spacial score (nSPS) is 22.6. The largest absolute Gasteiger partial charge is 0.479 e. The van der Waals surface area contributed by atoms with Gasteiger partial charge in [-0.05, 0) is 24.5 Å². The lowest BCUT2D eigenvalue weighted by Gasteiger charge is -2.21. The number of benzene rings is 1. The van der Waals surface area contributed by atoms with E-state index in [0.29, 0.717) is 18.4 Å². The molecule has 1 aromatic carbocycles. The maximum absolute atomic E-state index is 14.0.